The van der Waals surface area contributed by atoms with Crippen molar-refractivity contribution in [3.8, 4) is 5.88 Å². The van der Waals surface area contributed by atoms with Crippen molar-refractivity contribution in [2.24, 2.45) is 0 Å². The van der Waals surface area contributed by atoms with E-state index < -0.39 is 41.7 Å². The van der Waals surface area contributed by atoms with Crippen LogP contribution in [-0.2, 0) is 11.0 Å². The van der Waals surface area contributed by atoms with Crippen molar-refractivity contribution < 1.29 is 27.2 Å². The zero-order valence-corrected chi connectivity index (χ0v) is 19.5. The molecule has 0 aliphatic carbocycles. The lowest BCUT2D eigenvalue weighted by molar-refractivity contribution is -0.137. The van der Waals surface area contributed by atoms with Gasteiger partial charge in [0.25, 0.3) is 5.91 Å². The Morgan fingerprint density at radius 2 is 1.86 bits per heavy atom. The Morgan fingerprint density at radius 3 is 2.43 bits per heavy atom. The second kappa shape index (κ2) is 10.5. The van der Waals surface area contributed by atoms with E-state index >= 15 is 0 Å². The van der Waals surface area contributed by atoms with Crippen molar-refractivity contribution in [1.82, 2.24) is 20.4 Å². The molecule has 1 aromatic carbocycles. The molecule has 3 rings (SSSR count). The van der Waals surface area contributed by atoms with E-state index in [2.05, 4.69) is 25.8 Å². The summed E-state index contributed by atoms with van der Waals surface area (Å²) in [6, 6.07) is 8.06. The Morgan fingerprint density at radius 1 is 1.17 bits per heavy atom. The molecule has 0 radical (unpaired) electrons. The fourth-order valence-corrected chi connectivity index (χ4v) is 3.14. The van der Waals surface area contributed by atoms with Crippen LogP contribution in [0, 0.1) is 5.41 Å². The Hall–Kier alpha value is -3.96. The Bertz CT molecular complexity index is 1190. The number of carbonyl (C=O) groups excluding carboxylic acids is 1. The number of alkyl halides is 3. The minimum absolute atomic E-state index is 0.0420. The first-order valence-electron chi connectivity index (χ1n) is 10.7. The summed E-state index contributed by atoms with van der Waals surface area (Å²) in [5.74, 6) is -0.522. The molecule has 0 fully saturated rings. The minimum atomic E-state index is -4.80. The third-order valence-electron chi connectivity index (χ3n) is 4.92. The summed E-state index contributed by atoms with van der Waals surface area (Å²) in [5.41, 5.74) is -1.59. The largest absolute Gasteiger partial charge is 0.467 e. The van der Waals surface area contributed by atoms with Crippen LogP contribution in [0.3, 0.4) is 0 Å². The van der Waals surface area contributed by atoms with Gasteiger partial charge in [0.1, 0.15) is 11.9 Å². The Balaban J connectivity index is 1.79. The number of halogens is 3. The molecule has 1 unspecified atom stereocenters. The Labute approximate surface area is 199 Å². The highest BCUT2D eigenvalue weighted by atomic mass is 19.4. The minimum Gasteiger partial charge on any atom is -0.467 e. The van der Waals surface area contributed by atoms with E-state index in [0.717, 1.165) is 0 Å². The number of ether oxygens (including phenoxy) is 1. The summed E-state index contributed by atoms with van der Waals surface area (Å²) in [6.07, 6.45) is -4.80. The van der Waals surface area contributed by atoms with Crippen LogP contribution >= 0.6 is 0 Å². The van der Waals surface area contributed by atoms with Gasteiger partial charge in [0.2, 0.25) is 11.8 Å². The van der Waals surface area contributed by atoms with Gasteiger partial charge in [-0.15, -0.1) is 0 Å². The van der Waals surface area contributed by atoms with Crippen molar-refractivity contribution in [3.05, 3.63) is 64.8 Å². The zero-order valence-electron chi connectivity index (χ0n) is 19.5. The van der Waals surface area contributed by atoms with Crippen molar-refractivity contribution >= 4 is 17.4 Å². The van der Waals surface area contributed by atoms with Crippen molar-refractivity contribution in [1.29, 1.82) is 5.41 Å². The molecule has 0 saturated carbocycles. The maximum atomic E-state index is 13.9. The van der Waals surface area contributed by atoms with E-state index in [1.54, 1.807) is 25.1 Å². The topological polar surface area (TPSA) is 126 Å². The number of nitrogens with zero attached hydrogens (tertiary/aromatic N) is 3. The van der Waals surface area contributed by atoms with Crippen LogP contribution in [0.25, 0.3) is 0 Å². The number of pyridine rings is 1. The van der Waals surface area contributed by atoms with Gasteiger partial charge in [0.15, 0.2) is 12.4 Å². The van der Waals surface area contributed by atoms with E-state index in [9.17, 15) is 18.0 Å². The third kappa shape index (κ3) is 6.14. The molecule has 12 heteroatoms. The van der Waals surface area contributed by atoms with Gasteiger partial charge in [-0.25, -0.2) is 0 Å². The number of hydrogen-bond acceptors (Lipinski definition) is 8. The van der Waals surface area contributed by atoms with Crippen LogP contribution in [0.1, 0.15) is 61.1 Å². The highest BCUT2D eigenvalue weighted by Gasteiger charge is 2.37. The van der Waals surface area contributed by atoms with Gasteiger partial charge in [-0.2, -0.15) is 23.1 Å². The van der Waals surface area contributed by atoms with E-state index in [4.69, 9.17) is 14.7 Å². The second-order valence-corrected chi connectivity index (χ2v) is 7.94. The predicted octanol–water partition coefficient (Wildman–Crippen LogP) is 4.32. The van der Waals surface area contributed by atoms with Crippen LogP contribution in [0.5, 0.6) is 5.88 Å². The highest BCUT2D eigenvalue weighted by molar-refractivity contribution is 6.14. The SMILES string of the molecule is CNc1nc(OCC(=O)NC(C)c2nc(C(C)C)no2)cc(C(F)(F)F)c1C(=N)c1ccccc1. The van der Waals surface area contributed by atoms with Crippen molar-refractivity contribution in [2.75, 3.05) is 19.0 Å². The van der Waals surface area contributed by atoms with Crippen LogP contribution in [-0.4, -0.2) is 40.4 Å². The maximum absolute atomic E-state index is 13.9. The van der Waals surface area contributed by atoms with Gasteiger partial charge in [-0.05, 0) is 6.92 Å². The molecule has 2 aromatic heterocycles. The third-order valence-corrected chi connectivity index (χ3v) is 4.92. The number of benzene rings is 1. The molecule has 1 atom stereocenters. The maximum Gasteiger partial charge on any atom is 0.417 e. The van der Waals surface area contributed by atoms with E-state index in [1.807, 2.05) is 13.8 Å². The summed E-state index contributed by atoms with van der Waals surface area (Å²) in [6.45, 7) is 4.80. The molecule has 186 valence electrons. The fourth-order valence-electron chi connectivity index (χ4n) is 3.14. The first-order chi connectivity index (χ1) is 16.5. The van der Waals surface area contributed by atoms with E-state index in [0.29, 0.717) is 17.5 Å². The summed E-state index contributed by atoms with van der Waals surface area (Å²) < 4.78 is 52.2. The molecule has 2 heterocycles. The summed E-state index contributed by atoms with van der Waals surface area (Å²) >= 11 is 0. The quantitative estimate of drug-likeness (QED) is 0.381. The fraction of sp³-hybridized carbons (Fsp3) is 0.348. The lowest BCUT2D eigenvalue weighted by atomic mass is 9.98. The van der Waals surface area contributed by atoms with E-state index in [1.165, 1.54) is 19.2 Å². The monoisotopic (exact) mass is 490 g/mol. The lowest BCUT2D eigenvalue weighted by Crippen LogP contribution is -2.31. The number of aromatic nitrogens is 3. The summed E-state index contributed by atoms with van der Waals surface area (Å²) in [7, 11) is 1.39. The van der Waals surface area contributed by atoms with Gasteiger partial charge in [-0.1, -0.05) is 49.3 Å². The van der Waals surface area contributed by atoms with Gasteiger partial charge >= 0.3 is 6.18 Å². The van der Waals surface area contributed by atoms with Crippen LogP contribution in [0.15, 0.2) is 40.9 Å². The number of hydrogen-bond donors (Lipinski definition) is 3. The molecular formula is C23H25F3N6O3. The molecule has 0 spiro atoms. The molecule has 3 N–H and O–H groups in total. The van der Waals surface area contributed by atoms with Crippen molar-refractivity contribution in [3.63, 3.8) is 0 Å². The molecule has 0 aliphatic rings. The molecule has 0 saturated heterocycles. The van der Waals surface area contributed by atoms with Crippen LogP contribution < -0.4 is 15.4 Å². The molecule has 0 aliphatic heterocycles. The smallest absolute Gasteiger partial charge is 0.417 e. The first kappa shape index (κ1) is 25.7. The summed E-state index contributed by atoms with van der Waals surface area (Å²) in [5, 5.41) is 17.4. The predicted molar refractivity (Wildman–Crippen MR) is 122 cm³/mol. The van der Waals surface area contributed by atoms with Gasteiger partial charge in [0.05, 0.1) is 16.8 Å². The zero-order chi connectivity index (χ0) is 25.8. The van der Waals surface area contributed by atoms with Crippen molar-refractivity contribution in [2.45, 2.75) is 38.9 Å². The van der Waals surface area contributed by atoms with E-state index in [-0.39, 0.29) is 23.3 Å². The normalized spacial score (nSPS) is 12.3. The van der Waals surface area contributed by atoms with Gasteiger partial charge < -0.3 is 19.9 Å². The lowest BCUT2D eigenvalue weighted by Gasteiger charge is -2.19. The summed E-state index contributed by atoms with van der Waals surface area (Å²) in [4.78, 5) is 20.6. The average Bonchev–Trinajstić information content (AvgIpc) is 3.32. The van der Waals surface area contributed by atoms with Gasteiger partial charge in [-0.3, -0.25) is 10.2 Å². The molecule has 0 bridgehead atoms. The number of nitrogens with one attached hydrogen (secondary N) is 3. The van der Waals surface area contributed by atoms with Crippen LogP contribution in [0.4, 0.5) is 19.0 Å². The number of rotatable bonds is 9. The number of carbonyl (C=O) groups is 1. The molecule has 9 nitrogen and oxygen atoms in total. The molecule has 1 amide bonds. The molecule has 3 aromatic rings. The Kier molecular flexibility index (Phi) is 7.72. The molecular weight excluding hydrogens is 465 g/mol. The van der Waals surface area contributed by atoms with Crippen LogP contribution in [0.2, 0.25) is 0 Å². The average molecular weight is 490 g/mol. The number of amides is 1. The first-order valence-corrected chi connectivity index (χ1v) is 10.7. The standard InChI is InChI=1S/C23H25F3N6O3/c1-12(2)20-31-22(35-32-20)13(3)29-16(33)11-34-17-10-15(23(24,25)26)18(21(28-4)30-17)19(27)14-8-6-5-7-9-14/h5-10,12-13,27H,11H2,1-4H3,(H,28,30)(H,29,33). The molecule has 35 heavy (non-hydrogen) atoms. The van der Waals surface area contributed by atoms with Gasteiger partial charge in [0, 0.05) is 24.6 Å². The highest BCUT2D eigenvalue weighted by Crippen LogP contribution is 2.37. The second-order valence-electron chi connectivity index (χ2n) is 7.94. The number of anilines is 1.